The van der Waals surface area contributed by atoms with Crippen molar-refractivity contribution in [3.05, 3.63) is 63.7 Å². The lowest BCUT2D eigenvalue weighted by Gasteiger charge is -2.31. The fourth-order valence-electron chi connectivity index (χ4n) is 5.31. The van der Waals surface area contributed by atoms with E-state index in [1.165, 1.54) is 22.0 Å². The number of alkyl halides is 3. The van der Waals surface area contributed by atoms with Crippen molar-refractivity contribution in [1.82, 2.24) is 20.2 Å². The Morgan fingerprint density at radius 3 is 2.41 bits per heavy atom. The number of anilines is 2. The van der Waals surface area contributed by atoms with Crippen molar-refractivity contribution in [3.8, 4) is 6.07 Å². The number of halogens is 3. The van der Waals surface area contributed by atoms with Crippen molar-refractivity contribution in [1.29, 1.82) is 5.26 Å². The predicted molar refractivity (Wildman–Crippen MR) is 147 cm³/mol. The lowest BCUT2D eigenvalue weighted by molar-refractivity contribution is -0.138. The first kappa shape index (κ1) is 29.8. The predicted octanol–water partition coefficient (Wildman–Crippen LogP) is 5.27. The summed E-state index contributed by atoms with van der Waals surface area (Å²) in [5.41, 5.74) is 3.89. The minimum atomic E-state index is -4.59. The van der Waals surface area contributed by atoms with Crippen LogP contribution in [0.4, 0.5) is 24.8 Å². The number of unbranched alkanes of at least 4 members (excludes halogenated alkanes) is 1. The van der Waals surface area contributed by atoms with Crippen molar-refractivity contribution in [3.63, 3.8) is 0 Å². The number of hydrogen-bond donors (Lipinski definition) is 1. The monoisotopic (exact) mass is 569 g/mol. The Kier molecular flexibility index (Phi) is 9.47. The van der Waals surface area contributed by atoms with Gasteiger partial charge in [-0.15, -0.1) is 5.10 Å². The maximum absolute atomic E-state index is 13.6. The number of carbonyl (C=O) groups is 1. The molecule has 0 fully saturated rings. The number of nitrogens with zero attached hydrogens (tertiary/aromatic N) is 7. The standard InChI is InChI=1S/C29H34F3N7O2/c1-3-38(11-7-6-10-27(40)41)26-16-23-9-5-4-8-22(23)15-24(26)19-39(28-34-36-37(2)35-28)18-21-12-20(17-33)13-25(14-21)29(30,31)32/h12-16H,3-11,18-19H2,1-2H3,(H,40,41). The summed E-state index contributed by atoms with van der Waals surface area (Å²) in [5, 5.41) is 30.9. The first-order chi connectivity index (χ1) is 19.6. The Bertz CT molecular complexity index is 1410. The molecule has 0 saturated heterocycles. The van der Waals surface area contributed by atoms with E-state index >= 15 is 0 Å². The number of aliphatic carboxylic acids is 1. The third kappa shape index (κ3) is 7.74. The molecular formula is C29H34F3N7O2. The largest absolute Gasteiger partial charge is 0.481 e. The molecule has 41 heavy (non-hydrogen) atoms. The van der Waals surface area contributed by atoms with Gasteiger partial charge >= 0.3 is 12.1 Å². The Labute approximate surface area is 237 Å². The Morgan fingerprint density at radius 2 is 1.80 bits per heavy atom. The maximum Gasteiger partial charge on any atom is 0.416 e. The highest BCUT2D eigenvalue weighted by atomic mass is 19.4. The molecule has 0 spiro atoms. The summed E-state index contributed by atoms with van der Waals surface area (Å²) in [5.74, 6) is -0.555. The van der Waals surface area contributed by atoms with Crippen molar-refractivity contribution in [2.75, 3.05) is 22.9 Å². The van der Waals surface area contributed by atoms with E-state index in [-0.39, 0.29) is 24.5 Å². The summed E-state index contributed by atoms with van der Waals surface area (Å²) in [6.07, 6.45) is 0.947. The molecule has 3 aromatic rings. The van der Waals surface area contributed by atoms with Gasteiger partial charge < -0.3 is 14.9 Å². The highest BCUT2D eigenvalue weighted by Crippen LogP contribution is 2.34. The van der Waals surface area contributed by atoms with E-state index in [1.54, 1.807) is 11.9 Å². The molecule has 0 amide bonds. The number of fused-ring (bicyclic) bond motifs is 1. The molecule has 0 aliphatic heterocycles. The van der Waals surface area contributed by atoms with Crippen LogP contribution in [0.1, 0.15) is 72.4 Å². The van der Waals surface area contributed by atoms with Gasteiger partial charge in [0.25, 0.3) is 5.95 Å². The second-order valence-corrected chi connectivity index (χ2v) is 10.4. The smallest absolute Gasteiger partial charge is 0.416 e. The summed E-state index contributed by atoms with van der Waals surface area (Å²) >= 11 is 0. The molecule has 1 aliphatic rings. The van der Waals surface area contributed by atoms with E-state index in [4.69, 9.17) is 5.11 Å². The SMILES string of the molecule is CCN(CCCCC(=O)O)c1cc2c(cc1CN(Cc1cc(C#N)cc(C(F)(F)F)c1)c1nnn(C)n1)CCCC2. The molecule has 1 heterocycles. The zero-order valence-electron chi connectivity index (χ0n) is 23.3. The van der Waals surface area contributed by atoms with Crippen LogP contribution < -0.4 is 9.80 Å². The number of benzene rings is 2. The Hall–Kier alpha value is -4.14. The summed E-state index contributed by atoms with van der Waals surface area (Å²) in [7, 11) is 1.62. The zero-order chi connectivity index (χ0) is 29.6. The van der Waals surface area contributed by atoms with Crippen molar-refractivity contribution in [2.45, 2.75) is 71.1 Å². The molecule has 0 atom stereocenters. The van der Waals surface area contributed by atoms with Crippen molar-refractivity contribution in [2.24, 2.45) is 7.05 Å². The van der Waals surface area contributed by atoms with Crippen LogP contribution >= 0.6 is 0 Å². The van der Waals surface area contributed by atoms with E-state index in [0.717, 1.165) is 49.1 Å². The maximum atomic E-state index is 13.6. The summed E-state index contributed by atoms with van der Waals surface area (Å²) < 4.78 is 40.8. The molecular weight excluding hydrogens is 535 g/mol. The average molecular weight is 570 g/mol. The van der Waals surface area contributed by atoms with Crippen LogP contribution in [-0.4, -0.2) is 44.4 Å². The van der Waals surface area contributed by atoms with E-state index in [0.29, 0.717) is 38.0 Å². The molecule has 12 heteroatoms. The fraction of sp³-hybridized carbons (Fsp3) is 0.483. The molecule has 1 aromatic heterocycles. The number of carboxylic acids is 1. The second-order valence-electron chi connectivity index (χ2n) is 10.4. The van der Waals surface area contributed by atoms with E-state index < -0.39 is 17.7 Å². The van der Waals surface area contributed by atoms with Crippen molar-refractivity contribution >= 4 is 17.6 Å². The number of aryl methyl sites for hydroxylation is 3. The van der Waals surface area contributed by atoms with Crippen LogP contribution in [0, 0.1) is 11.3 Å². The molecule has 0 radical (unpaired) electrons. The number of aromatic nitrogens is 4. The first-order valence-electron chi connectivity index (χ1n) is 13.8. The third-order valence-corrected chi connectivity index (χ3v) is 7.30. The van der Waals surface area contributed by atoms with E-state index in [1.807, 2.05) is 6.07 Å². The van der Waals surface area contributed by atoms with Crippen molar-refractivity contribution < 1.29 is 23.1 Å². The lowest BCUT2D eigenvalue weighted by atomic mass is 9.89. The number of carboxylic acid groups (broad SMARTS) is 1. The van der Waals surface area contributed by atoms with Crippen LogP contribution in [0.25, 0.3) is 0 Å². The molecule has 0 saturated carbocycles. The van der Waals surface area contributed by atoms with Crippen LogP contribution in [0.5, 0.6) is 0 Å². The molecule has 218 valence electrons. The molecule has 1 N–H and O–H groups in total. The van der Waals surface area contributed by atoms with Gasteiger partial charge in [-0.25, -0.2) is 0 Å². The molecule has 1 aliphatic carbocycles. The van der Waals surface area contributed by atoms with E-state index in [2.05, 4.69) is 39.4 Å². The van der Waals surface area contributed by atoms with Gasteiger partial charge in [0.2, 0.25) is 0 Å². The molecule has 9 nitrogen and oxygen atoms in total. The van der Waals surface area contributed by atoms with E-state index in [9.17, 15) is 23.2 Å². The minimum absolute atomic E-state index is 0.0333. The Balaban J connectivity index is 1.72. The fourth-order valence-corrected chi connectivity index (χ4v) is 5.31. The van der Waals surface area contributed by atoms with Crippen LogP contribution in [-0.2, 0) is 43.9 Å². The molecule has 0 bridgehead atoms. The average Bonchev–Trinajstić information content (AvgIpc) is 3.38. The summed E-state index contributed by atoms with van der Waals surface area (Å²) in [6.45, 7) is 3.78. The zero-order valence-corrected chi connectivity index (χ0v) is 23.3. The highest BCUT2D eigenvalue weighted by molar-refractivity contribution is 5.66. The number of rotatable bonds is 12. The van der Waals surface area contributed by atoms with Gasteiger partial charge in [0, 0.05) is 38.3 Å². The second kappa shape index (κ2) is 13.0. The molecule has 2 aromatic carbocycles. The number of nitriles is 1. The van der Waals surface area contributed by atoms with Crippen LogP contribution in [0.3, 0.4) is 0 Å². The summed E-state index contributed by atoms with van der Waals surface area (Å²) in [4.78, 5) is 16.3. The lowest BCUT2D eigenvalue weighted by Crippen LogP contribution is -2.29. The van der Waals surface area contributed by atoms with Gasteiger partial charge in [-0.3, -0.25) is 4.79 Å². The van der Waals surface area contributed by atoms with Gasteiger partial charge in [-0.2, -0.15) is 23.2 Å². The topological polar surface area (TPSA) is 111 Å². The van der Waals surface area contributed by atoms with Gasteiger partial charge in [0.05, 0.1) is 24.2 Å². The highest BCUT2D eigenvalue weighted by Gasteiger charge is 2.31. The quantitative estimate of drug-likeness (QED) is 0.294. The Morgan fingerprint density at radius 1 is 1.07 bits per heavy atom. The minimum Gasteiger partial charge on any atom is -0.481 e. The van der Waals surface area contributed by atoms with Gasteiger partial charge in [0.1, 0.15) is 0 Å². The normalized spacial score (nSPS) is 13.0. The van der Waals surface area contributed by atoms with Gasteiger partial charge in [0.15, 0.2) is 0 Å². The van der Waals surface area contributed by atoms with Crippen LogP contribution in [0.15, 0.2) is 30.3 Å². The number of hydrogen-bond acceptors (Lipinski definition) is 7. The molecule has 4 rings (SSSR count). The third-order valence-electron chi connectivity index (χ3n) is 7.30. The summed E-state index contributed by atoms with van der Waals surface area (Å²) in [6, 6.07) is 9.58. The first-order valence-corrected chi connectivity index (χ1v) is 13.8. The number of tetrazole rings is 1. The van der Waals surface area contributed by atoms with Gasteiger partial charge in [-0.05, 0) is 97.2 Å². The van der Waals surface area contributed by atoms with Crippen LogP contribution in [0.2, 0.25) is 0 Å². The molecule has 0 unspecified atom stereocenters. The van der Waals surface area contributed by atoms with Gasteiger partial charge in [-0.1, -0.05) is 11.2 Å².